The Bertz CT molecular complexity index is 1290. The van der Waals surface area contributed by atoms with E-state index in [-0.39, 0.29) is 6.54 Å². The normalized spacial score (nSPS) is 22.6. The fourth-order valence-electron chi connectivity index (χ4n) is 4.86. The van der Waals surface area contributed by atoms with Gasteiger partial charge in [0, 0.05) is 41.0 Å². The van der Waals surface area contributed by atoms with Gasteiger partial charge in [-0.25, -0.2) is 12.8 Å². The molecule has 5 unspecified atom stereocenters. The quantitative estimate of drug-likeness (QED) is 0.428. The monoisotopic (exact) mass is 507 g/mol. The third kappa shape index (κ3) is 4.53. The molecule has 0 aliphatic carbocycles. The Morgan fingerprint density at radius 2 is 2.00 bits per heavy atom. The molecule has 4 rings (SSSR count). The number of fused-ring (bicyclic) bond motifs is 2. The average molecular weight is 508 g/mol. The van der Waals surface area contributed by atoms with Crippen molar-refractivity contribution in [3.05, 3.63) is 42.0 Å². The molecule has 0 spiro atoms. The molecule has 2 aliphatic rings. The summed E-state index contributed by atoms with van der Waals surface area (Å²) in [5.74, 6) is -1.36. The molecule has 10 nitrogen and oxygen atoms in total. The Hall–Kier alpha value is -2.96. The molecule has 0 bridgehead atoms. The highest BCUT2D eigenvalue weighted by Gasteiger charge is 2.50. The van der Waals surface area contributed by atoms with Gasteiger partial charge in [0.2, 0.25) is 21.8 Å². The number of aromatic nitrogens is 1. The van der Waals surface area contributed by atoms with Crippen LogP contribution in [-0.4, -0.2) is 89.6 Å². The van der Waals surface area contributed by atoms with Crippen LogP contribution in [0, 0.1) is 5.82 Å². The highest BCUT2D eigenvalue weighted by molar-refractivity contribution is 7.88. The summed E-state index contributed by atoms with van der Waals surface area (Å²) in [5.41, 5.74) is 1.78. The van der Waals surface area contributed by atoms with Gasteiger partial charge in [-0.3, -0.25) is 13.9 Å². The minimum Gasteiger partial charge on any atom is -0.391 e. The van der Waals surface area contributed by atoms with Crippen molar-refractivity contribution in [2.45, 2.75) is 50.5 Å². The van der Waals surface area contributed by atoms with Crippen LogP contribution in [0.15, 0.2) is 30.6 Å². The van der Waals surface area contributed by atoms with E-state index in [1.54, 1.807) is 26.2 Å². The highest BCUT2D eigenvalue weighted by atomic mass is 32.2. The molecule has 1 saturated heterocycles. The summed E-state index contributed by atoms with van der Waals surface area (Å²) < 4.78 is 40.2. The smallest absolute Gasteiger partial charge is 0.248 e. The first-order valence-corrected chi connectivity index (χ1v) is 13.2. The Kier molecular flexibility index (Phi) is 6.64. The van der Waals surface area contributed by atoms with Crippen LogP contribution in [0.2, 0.25) is 0 Å². The lowest BCUT2D eigenvalue weighted by Crippen LogP contribution is -2.58. The Labute approximate surface area is 203 Å². The van der Waals surface area contributed by atoms with E-state index in [1.165, 1.54) is 34.5 Å². The number of carbonyl (C=O) groups excluding carboxylic acids is 2. The maximum absolute atomic E-state index is 13.7. The third-order valence-electron chi connectivity index (χ3n) is 6.77. The average Bonchev–Trinajstić information content (AvgIpc) is 3.49. The molecule has 4 N–H and O–H groups in total. The topological polar surface area (TPSA) is 135 Å². The second kappa shape index (κ2) is 9.25. The maximum atomic E-state index is 13.7. The van der Waals surface area contributed by atoms with Gasteiger partial charge in [0.15, 0.2) is 0 Å². The van der Waals surface area contributed by atoms with Gasteiger partial charge in [0.1, 0.15) is 11.9 Å². The number of likely N-dealkylation sites (tertiary alicyclic amines) is 1. The molecule has 1 aromatic heterocycles. The lowest BCUT2D eigenvalue weighted by Gasteiger charge is -2.32. The molecule has 0 radical (unpaired) electrons. The maximum Gasteiger partial charge on any atom is 0.248 e. The fourth-order valence-corrected chi connectivity index (χ4v) is 5.88. The van der Waals surface area contributed by atoms with Crippen LogP contribution < -0.4 is 10.6 Å². The molecular weight excluding hydrogens is 477 g/mol. The van der Waals surface area contributed by atoms with E-state index in [9.17, 15) is 27.5 Å². The molecule has 1 aromatic carbocycles. The minimum atomic E-state index is -3.64. The standard InChI is InChI=1S/C23H30FN5O5S/c1-12(25-3)22(31)27-20(13(2)30)23(32)28-8-7-19-21(28)17(11-29(19)35(4,33)34)16-10-26-18-9-14(24)5-6-15(16)18/h5-6,9-13,19-21,25-26,30H,7-8H2,1-4H3,(H,27,31). The van der Waals surface area contributed by atoms with Gasteiger partial charge in [-0.15, -0.1) is 0 Å². The predicted molar refractivity (Wildman–Crippen MR) is 129 cm³/mol. The van der Waals surface area contributed by atoms with E-state index in [0.717, 1.165) is 6.26 Å². The fraction of sp³-hybridized carbons (Fsp3) is 0.478. The second-order valence-corrected chi connectivity index (χ2v) is 11.0. The number of aliphatic hydroxyl groups excluding tert-OH is 1. The first kappa shape index (κ1) is 25.1. The summed E-state index contributed by atoms with van der Waals surface area (Å²) in [6.45, 7) is 3.30. The van der Waals surface area contributed by atoms with Crippen molar-refractivity contribution < 1.29 is 27.5 Å². The molecule has 2 aliphatic heterocycles. The summed E-state index contributed by atoms with van der Waals surface area (Å²) >= 11 is 0. The van der Waals surface area contributed by atoms with E-state index < -0.39 is 57.9 Å². The predicted octanol–water partition coefficient (Wildman–Crippen LogP) is 0.366. The van der Waals surface area contributed by atoms with Crippen LogP contribution in [0.25, 0.3) is 16.5 Å². The number of halogens is 1. The van der Waals surface area contributed by atoms with Crippen LogP contribution in [0.1, 0.15) is 25.8 Å². The number of hydrogen-bond donors (Lipinski definition) is 4. The molecule has 35 heavy (non-hydrogen) atoms. The minimum absolute atomic E-state index is 0.245. The van der Waals surface area contributed by atoms with Crippen LogP contribution in [0.4, 0.5) is 4.39 Å². The van der Waals surface area contributed by atoms with E-state index in [4.69, 9.17) is 0 Å². The summed E-state index contributed by atoms with van der Waals surface area (Å²) in [6, 6.07) is 1.32. The summed E-state index contributed by atoms with van der Waals surface area (Å²) in [7, 11) is -2.03. The van der Waals surface area contributed by atoms with Crippen molar-refractivity contribution in [1.29, 1.82) is 0 Å². The lowest BCUT2D eigenvalue weighted by molar-refractivity contribution is -0.139. The number of amides is 2. The van der Waals surface area contributed by atoms with Crippen LogP contribution in [-0.2, 0) is 19.6 Å². The van der Waals surface area contributed by atoms with Crippen molar-refractivity contribution in [2.75, 3.05) is 19.8 Å². The summed E-state index contributed by atoms with van der Waals surface area (Å²) in [6.07, 6.45) is 3.51. The molecule has 2 amide bonds. The SMILES string of the molecule is CNC(C)C(=O)NC(C(=O)N1CCC2C1C(c1c[nH]c3cc(F)ccc13)=CN2S(C)(=O)=O)C(C)O. The van der Waals surface area contributed by atoms with Crippen molar-refractivity contribution in [3.8, 4) is 0 Å². The van der Waals surface area contributed by atoms with Gasteiger partial charge in [-0.1, -0.05) is 0 Å². The van der Waals surface area contributed by atoms with Crippen LogP contribution in [0.3, 0.4) is 0 Å². The van der Waals surface area contributed by atoms with Crippen molar-refractivity contribution >= 4 is 38.3 Å². The molecule has 5 atom stereocenters. The van der Waals surface area contributed by atoms with Gasteiger partial charge in [0.25, 0.3) is 0 Å². The number of H-pyrrole nitrogens is 1. The van der Waals surface area contributed by atoms with E-state index in [0.29, 0.717) is 28.5 Å². The highest BCUT2D eigenvalue weighted by Crippen LogP contribution is 2.42. The zero-order valence-electron chi connectivity index (χ0n) is 19.9. The second-order valence-electron chi connectivity index (χ2n) is 9.14. The number of nitrogens with one attached hydrogen (secondary N) is 3. The van der Waals surface area contributed by atoms with Crippen molar-refractivity contribution in [3.63, 3.8) is 0 Å². The van der Waals surface area contributed by atoms with E-state index in [2.05, 4.69) is 15.6 Å². The van der Waals surface area contributed by atoms with Crippen LogP contribution in [0.5, 0.6) is 0 Å². The molecule has 12 heteroatoms. The van der Waals surface area contributed by atoms with Gasteiger partial charge < -0.3 is 25.6 Å². The van der Waals surface area contributed by atoms with Crippen LogP contribution >= 0.6 is 0 Å². The summed E-state index contributed by atoms with van der Waals surface area (Å²) in [4.78, 5) is 30.6. The first-order valence-electron chi connectivity index (χ1n) is 11.4. The van der Waals surface area contributed by atoms with Gasteiger partial charge in [-0.2, -0.15) is 0 Å². The molecule has 3 heterocycles. The van der Waals surface area contributed by atoms with E-state index >= 15 is 0 Å². The number of hydrogen-bond acceptors (Lipinski definition) is 6. The Morgan fingerprint density at radius 3 is 2.63 bits per heavy atom. The number of rotatable bonds is 7. The Balaban J connectivity index is 1.74. The third-order valence-corrected chi connectivity index (χ3v) is 7.91. The zero-order chi connectivity index (χ0) is 25.7. The largest absolute Gasteiger partial charge is 0.391 e. The zero-order valence-corrected chi connectivity index (χ0v) is 20.8. The summed E-state index contributed by atoms with van der Waals surface area (Å²) in [5, 5.41) is 16.4. The molecule has 190 valence electrons. The number of sulfonamides is 1. The first-order chi connectivity index (χ1) is 16.4. The van der Waals surface area contributed by atoms with Gasteiger partial charge >= 0.3 is 0 Å². The number of aliphatic hydroxyl groups is 1. The van der Waals surface area contributed by atoms with Crippen molar-refractivity contribution in [2.24, 2.45) is 0 Å². The molecular formula is C23H30FN5O5S. The van der Waals surface area contributed by atoms with E-state index in [1.807, 2.05) is 0 Å². The molecule has 2 aromatic rings. The Morgan fingerprint density at radius 1 is 1.29 bits per heavy atom. The number of nitrogens with zero attached hydrogens (tertiary/aromatic N) is 2. The number of likely N-dealkylation sites (N-methyl/N-ethyl adjacent to an activating group) is 1. The van der Waals surface area contributed by atoms with Gasteiger partial charge in [-0.05, 0) is 45.5 Å². The molecule has 1 fully saturated rings. The molecule has 0 saturated carbocycles. The van der Waals surface area contributed by atoms with Crippen molar-refractivity contribution in [1.82, 2.24) is 24.8 Å². The van der Waals surface area contributed by atoms with Gasteiger partial charge in [0.05, 0.1) is 30.5 Å². The number of carbonyl (C=O) groups is 2. The lowest BCUT2D eigenvalue weighted by atomic mass is 9.96. The number of aromatic amines is 1. The number of benzene rings is 1.